The Balaban J connectivity index is 1.53. The number of hydrogen-bond donors (Lipinski definition) is 0. The fraction of sp³-hybridized carbons (Fsp3) is 0.684. The van der Waals surface area contributed by atoms with E-state index in [1.54, 1.807) is 0 Å². The van der Waals surface area contributed by atoms with Crippen molar-refractivity contribution < 1.29 is 13.2 Å². The van der Waals surface area contributed by atoms with Gasteiger partial charge in [0, 0.05) is 42.8 Å². The molecule has 1 aromatic carbocycles. The van der Waals surface area contributed by atoms with Crippen molar-refractivity contribution in [2.24, 2.45) is 5.92 Å². The van der Waals surface area contributed by atoms with Crippen molar-refractivity contribution in [1.82, 2.24) is 9.21 Å². The maximum absolute atomic E-state index is 11.4. The number of rotatable bonds is 7. The summed E-state index contributed by atoms with van der Waals surface area (Å²) >= 11 is 0. The summed E-state index contributed by atoms with van der Waals surface area (Å²) in [5, 5.41) is 0. The van der Waals surface area contributed by atoms with Gasteiger partial charge in [-0.05, 0) is 55.8 Å². The van der Waals surface area contributed by atoms with E-state index in [1.807, 2.05) is 0 Å². The van der Waals surface area contributed by atoms with Gasteiger partial charge in [-0.2, -0.15) is 12.7 Å². The van der Waals surface area contributed by atoms with Gasteiger partial charge in [0.25, 0.3) is 9.24 Å². The standard InChI is InChI=1S/C19H29ClN2O3S/c1-3-21(14-16-6-9-22(10-7-16)26(20,23)24)15(2)12-17-4-5-19-18(13-17)8-11-25-19/h4-5,13,15-16H,3,6-12,14H2,1-2H3/t15-/m0/s1. The van der Waals surface area contributed by atoms with E-state index in [4.69, 9.17) is 15.4 Å². The molecule has 0 amide bonds. The topological polar surface area (TPSA) is 49.9 Å². The third-order valence-corrected chi connectivity index (χ3v) is 7.26. The summed E-state index contributed by atoms with van der Waals surface area (Å²) < 4.78 is 29.9. The summed E-state index contributed by atoms with van der Waals surface area (Å²) in [6.45, 7) is 8.37. The highest BCUT2D eigenvalue weighted by Crippen LogP contribution is 2.27. The summed E-state index contributed by atoms with van der Waals surface area (Å²) in [6, 6.07) is 7.02. The number of nitrogens with zero attached hydrogens (tertiary/aromatic N) is 2. The predicted octanol–water partition coefficient (Wildman–Crippen LogP) is 3.07. The zero-order valence-corrected chi connectivity index (χ0v) is 17.2. The molecule has 7 heteroatoms. The Morgan fingerprint density at radius 2 is 2.08 bits per heavy atom. The summed E-state index contributed by atoms with van der Waals surface area (Å²) in [5.41, 5.74) is 2.69. The maximum atomic E-state index is 11.4. The van der Waals surface area contributed by atoms with E-state index in [1.165, 1.54) is 15.4 Å². The molecule has 0 aliphatic carbocycles. The fourth-order valence-corrected chi connectivity index (χ4v) is 5.16. The molecule has 1 saturated heterocycles. The van der Waals surface area contributed by atoms with E-state index in [9.17, 15) is 8.42 Å². The van der Waals surface area contributed by atoms with Crippen LogP contribution in [-0.4, -0.2) is 56.5 Å². The lowest BCUT2D eigenvalue weighted by molar-refractivity contribution is 0.153. The molecule has 1 fully saturated rings. The van der Waals surface area contributed by atoms with Crippen molar-refractivity contribution in [3.63, 3.8) is 0 Å². The highest BCUT2D eigenvalue weighted by atomic mass is 35.7. The number of benzene rings is 1. The van der Waals surface area contributed by atoms with Crippen molar-refractivity contribution in [1.29, 1.82) is 0 Å². The predicted molar refractivity (Wildman–Crippen MR) is 105 cm³/mol. The molecule has 1 aromatic rings. The zero-order valence-electron chi connectivity index (χ0n) is 15.7. The van der Waals surface area contributed by atoms with Gasteiger partial charge in [-0.15, -0.1) is 0 Å². The van der Waals surface area contributed by atoms with Crippen LogP contribution in [0.1, 0.15) is 37.8 Å². The average molecular weight is 401 g/mol. The lowest BCUT2D eigenvalue weighted by atomic mass is 9.96. The van der Waals surface area contributed by atoms with E-state index in [-0.39, 0.29) is 0 Å². The van der Waals surface area contributed by atoms with Crippen molar-refractivity contribution in [2.75, 3.05) is 32.8 Å². The van der Waals surface area contributed by atoms with Crippen LogP contribution in [0.4, 0.5) is 0 Å². The number of halogens is 1. The van der Waals surface area contributed by atoms with Gasteiger partial charge < -0.3 is 9.64 Å². The van der Waals surface area contributed by atoms with E-state index >= 15 is 0 Å². The van der Waals surface area contributed by atoms with Gasteiger partial charge in [0.05, 0.1) is 6.61 Å². The smallest absolute Gasteiger partial charge is 0.299 e. The van der Waals surface area contributed by atoms with Crippen LogP contribution in [0.2, 0.25) is 0 Å². The second-order valence-corrected chi connectivity index (χ2v) is 9.98. The van der Waals surface area contributed by atoms with Crippen molar-refractivity contribution in [3.8, 4) is 5.75 Å². The molecular weight excluding hydrogens is 372 g/mol. The number of fused-ring (bicyclic) bond motifs is 1. The highest BCUT2D eigenvalue weighted by Gasteiger charge is 2.28. The first-order valence-electron chi connectivity index (χ1n) is 9.55. The van der Waals surface area contributed by atoms with Crippen LogP contribution in [0, 0.1) is 5.92 Å². The van der Waals surface area contributed by atoms with E-state index in [0.29, 0.717) is 25.0 Å². The van der Waals surface area contributed by atoms with Gasteiger partial charge in [-0.3, -0.25) is 0 Å². The maximum Gasteiger partial charge on any atom is 0.299 e. The largest absolute Gasteiger partial charge is 0.493 e. The molecule has 2 heterocycles. The SMILES string of the molecule is CCN(CC1CCN(S(=O)(=O)Cl)CC1)[C@@H](C)Cc1ccc2c(c1)CCO2. The molecule has 0 saturated carbocycles. The summed E-state index contributed by atoms with van der Waals surface area (Å²) in [5.74, 6) is 1.57. The normalized spacial score (nSPS) is 20.2. The van der Waals surface area contributed by atoms with E-state index < -0.39 is 9.24 Å². The molecule has 2 aliphatic rings. The minimum absolute atomic E-state index is 0.454. The molecule has 0 radical (unpaired) electrons. The Morgan fingerprint density at radius 3 is 2.73 bits per heavy atom. The van der Waals surface area contributed by atoms with Crippen LogP contribution >= 0.6 is 10.7 Å². The van der Waals surface area contributed by atoms with Crippen LogP contribution in [0.25, 0.3) is 0 Å². The molecule has 5 nitrogen and oxygen atoms in total. The first-order chi connectivity index (χ1) is 12.4. The number of piperidine rings is 1. The Hall–Kier alpha value is -0.820. The Kier molecular flexibility index (Phi) is 6.49. The lowest BCUT2D eigenvalue weighted by Crippen LogP contribution is -2.43. The van der Waals surface area contributed by atoms with Crippen LogP contribution in [0.15, 0.2) is 18.2 Å². The van der Waals surface area contributed by atoms with Crippen LogP contribution in [-0.2, 0) is 22.1 Å². The highest BCUT2D eigenvalue weighted by molar-refractivity contribution is 8.11. The van der Waals surface area contributed by atoms with Crippen molar-refractivity contribution in [2.45, 2.75) is 45.6 Å². The van der Waals surface area contributed by atoms with E-state index in [0.717, 1.165) is 51.1 Å². The minimum atomic E-state index is -3.56. The quantitative estimate of drug-likeness (QED) is 0.660. The second-order valence-electron chi connectivity index (χ2n) is 7.47. The molecule has 0 N–H and O–H groups in total. The molecule has 0 aromatic heterocycles. The Morgan fingerprint density at radius 1 is 1.35 bits per heavy atom. The monoisotopic (exact) mass is 400 g/mol. The lowest BCUT2D eigenvalue weighted by Gasteiger charge is -2.35. The fourth-order valence-electron chi connectivity index (χ4n) is 4.10. The van der Waals surface area contributed by atoms with Gasteiger partial charge in [0.15, 0.2) is 0 Å². The van der Waals surface area contributed by atoms with Gasteiger partial charge in [0.1, 0.15) is 5.75 Å². The first kappa shape index (κ1) is 19.9. The number of ether oxygens (including phenoxy) is 1. The van der Waals surface area contributed by atoms with E-state index in [2.05, 4.69) is 36.9 Å². The molecule has 146 valence electrons. The van der Waals surface area contributed by atoms with Crippen LogP contribution in [0.5, 0.6) is 5.75 Å². The molecular formula is C19H29ClN2O3S. The first-order valence-corrected chi connectivity index (χ1v) is 11.8. The minimum Gasteiger partial charge on any atom is -0.493 e. The number of likely N-dealkylation sites (N-methyl/N-ethyl adjacent to an activating group) is 1. The summed E-state index contributed by atoms with van der Waals surface area (Å²) in [7, 11) is 1.89. The van der Waals surface area contributed by atoms with Crippen molar-refractivity contribution >= 4 is 19.9 Å². The van der Waals surface area contributed by atoms with Gasteiger partial charge >= 0.3 is 0 Å². The summed E-state index contributed by atoms with van der Waals surface area (Å²) in [6.07, 6.45) is 3.80. The van der Waals surface area contributed by atoms with Crippen LogP contribution in [0.3, 0.4) is 0 Å². The molecule has 3 rings (SSSR count). The van der Waals surface area contributed by atoms with Gasteiger partial charge in [-0.25, -0.2) is 0 Å². The second kappa shape index (κ2) is 8.46. The third-order valence-electron chi connectivity index (χ3n) is 5.69. The molecule has 0 bridgehead atoms. The zero-order chi connectivity index (χ0) is 18.7. The Bertz CT molecular complexity index is 717. The van der Waals surface area contributed by atoms with Gasteiger partial charge in [-0.1, -0.05) is 19.1 Å². The molecule has 2 aliphatic heterocycles. The van der Waals surface area contributed by atoms with Gasteiger partial charge in [0.2, 0.25) is 0 Å². The average Bonchev–Trinajstić information content (AvgIpc) is 3.07. The number of hydrogen-bond acceptors (Lipinski definition) is 4. The molecule has 0 unspecified atom stereocenters. The third kappa shape index (κ3) is 4.91. The van der Waals surface area contributed by atoms with Crippen molar-refractivity contribution in [3.05, 3.63) is 29.3 Å². The molecule has 26 heavy (non-hydrogen) atoms. The summed E-state index contributed by atoms with van der Waals surface area (Å²) in [4.78, 5) is 2.51. The molecule has 1 atom stereocenters. The Labute approximate surface area is 161 Å². The molecule has 0 spiro atoms. The van der Waals surface area contributed by atoms with Crippen LogP contribution < -0.4 is 4.74 Å².